The molecule has 3 nitrogen and oxygen atoms in total. The largest absolute Gasteiger partial charge is 0.496 e. The number of nitrogens with two attached hydrogens (primary N) is 1. The third-order valence-corrected chi connectivity index (χ3v) is 2.00. The third kappa shape index (κ3) is 1.96. The van der Waals surface area contributed by atoms with E-state index in [0.29, 0.717) is 17.1 Å². The normalized spacial score (nSPS) is 12.3. The van der Waals surface area contributed by atoms with E-state index in [1.165, 1.54) is 14.2 Å². The molecule has 0 radical (unpaired) electrons. The second-order valence-electron chi connectivity index (χ2n) is 2.84. The molecule has 2 N–H and O–H groups in total. The lowest BCUT2D eigenvalue weighted by atomic mass is 10.1. The fourth-order valence-electron chi connectivity index (χ4n) is 1.32. The Bertz CT molecular complexity index is 282. The molecule has 78 valence electrons. The Labute approximate surface area is 82.6 Å². The van der Waals surface area contributed by atoms with Gasteiger partial charge in [0.05, 0.1) is 25.8 Å². The predicted molar refractivity (Wildman–Crippen MR) is 52.4 cm³/mol. The summed E-state index contributed by atoms with van der Waals surface area (Å²) in [5.74, 6) is 1.10. The molecule has 0 bridgehead atoms. The number of rotatable bonds is 4. The van der Waals surface area contributed by atoms with Crippen molar-refractivity contribution < 1.29 is 13.9 Å². The molecule has 0 aliphatic carbocycles. The molecule has 4 heteroatoms. The summed E-state index contributed by atoms with van der Waals surface area (Å²) >= 11 is 0. The molecule has 0 fully saturated rings. The quantitative estimate of drug-likeness (QED) is 0.802. The Morgan fingerprint density at radius 1 is 1.29 bits per heavy atom. The van der Waals surface area contributed by atoms with Crippen LogP contribution in [0.5, 0.6) is 11.5 Å². The number of halogens is 1. The van der Waals surface area contributed by atoms with Crippen LogP contribution in [-0.2, 0) is 0 Å². The Kier molecular flexibility index (Phi) is 3.71. The highest BCUT2D eigenvalue weighted by Gasteiger charge is 2.16. The van der Waals surface area contributed by atoms with Crippen molar-refractivity contribution in [1.82, 2.24) is 0 Å². The van der Waals surface area contributed by atoms with Gasteiger partial charge in [-0.1, -0.05) is 6.07 Å². The number of hydrogen-bond acceptors (Lipinski definition) is 3. The van der Waals surface area contributed by atoms with Crippen molar-refractivity contribution in [3.63, 3.8) is 0 Å². The zero-order chi connectivity index (χ0) is 10.6. The van der Waals surface area contributed by atoms with E-state index in [1.54, 1.807) is 18.2 Å². The topological polar surface area (TPSA) is 44.5 Å². The van der Waals surface area contributed by atoms with Crippen molar-refractivity contribution in [2.45, 2.75) is 6.04 Å². The number of hydrogen-bond donors (Lipinski definition) is 1. The van der Waals surface area contributed by atoms with Crippen LogP contribution in [0, 0.1) is 0 Å². The lowest BCUT2D eigenvalue weighted by Gasteiger charge is -2.16. The molecule has 0 spiro atoms. The standard InChI is InChI=1S/C10H14FNO2/c1-13-8-4-3-5-9(14-2)10(8)7(12)6-11/h3-5,7H,6,12H2,1-2H3. The van der Waals surface area contributed by atoms with Gasteiger partial charge in [-0.3, -0.25) is 0 Å². The number of ether oxygens (including phenoxy) is 2. The van der Waals surface area contributed by atoms with Crippen molar-refractivity contribution in [3.05, 3.63) is 23.8 Å². The van der Waals surface area contributed by atoms with Crippen LogP contribution in [0.15, 0.2) is 18.2 Å². The molecule has 0 aromatic heterocycles. The summed E-state index contributed by atoms with van der Waals surface area (Å²) in [5.41, 5.74) is 6.18. The lowest BCUT2D eigenvalue weighted by molar-refractivity contribution is 0.362. The van der Waals surface area contributed by atoms with Gasteiger partial charge >= 0.3 is 0 Å². The highest BCUT2D eigenvalue weighted by Crippen LogP contribution is 2.32. The zero-order valence-corrected chi connectivity index (χ0v) is 8.29. The molecule has 1 aromatic rings. The average molecular weight is 199 g/mol. The molecule has 1 rings (SSSR count). The molecule has 0 saturated carbocycles. The van der Waals surface area contributed by atoms with Crippen molar-refractivity contribution in [2.24, 2.45) is 5.73 Å². The fourth-order valence-corrected chi connectivity index (χ4v) is 1.32. The maximum absolute atomic E-state index is 12.5. The average Bonchev–Trinajstić information content (AvgIpc) is 2.26. The molecular formula is C10H14FNO2. The first-order valence-electron chi connectivity index (χ1n) is 4.27. The van der Waals surface area contributed by atoms with Crippen LogP contribution in [0.4, 0.5) is 4.39 Å². The van der Waals surface area contributed by atoms with Gasteiger partial charge < -0.3 is 15.2 Å². The highest BCUT2D eigenvalue weighted by atomic mass is 19.1. The Balaban J connectivity index is 3.18. The van der Waals surface area contributed by atoms with E-state index < -0.39 is 12.7 Å². The van der Waals surface area contributed by atoms with Crippen LogP contribution in [0.25, 0.3) is 0 Å². The SMILES string of the molecule is COc1cccc(OC)c1C(N)CF. The van der Waals surface area contributed by atoms with Crippen LogP contribution in [-0.4, -0.2) is 20.9 Å². The van der Waals surface area contributed by atoms with Gasteiger partial charge in [0.1, 0.15) is 18.2 Å². The fraction of sp³-hybridized carbons (Fsp3) is 0.400. The predicted octanol–water partition coefficient (Wildman–Crippen LogP) is 1.67. The maximum Gasteiger partial charge on any atom is 0.127 e. The zero-order valence-electron chi connectivity index (χ0n) is 8.29. The van der Waals surface area contributed by atoms with E-state index in [0.717, 1.165) is 0 Å². The summed E-state index contributed by atoms with van der Waals surface area (Å²) in [6.07, 6.45) is 0. The molecule has 1 unspecified atom stereocenters. The third-order valence-electron chi connectivity index (χ3n) is 2.00. The number of alkyl halides is 1. The maximum atomic E-state index is 12.5. The first-order valence-corrected chi connectivity index (χ1v) is 4.27. The van der Waals surface area contributed by atoms with Crippen molar-refractivity contribution in [3.8, 4) is 11.5 Å². The summed E-state index contributed by atoms with van der Waals surface area (Å²) < 4.78 is 22.6. The summed E-state index contributed by atoms with van der Waals surface area (Å²) in [5, 5.41) is 0. The molecular weight excluding hydrogens is 185 g/mol. The van der Waals surface area contributed by atoms with Gasteiger partial charge in [0.25, 0.3) is 0 Å². The molecule has 1 atom stereocenters. The minimum Gasteiger partial charge on any atom is -0.496 e. The number of benzene rings is 1. The summed E-state index contributed by atoms with van der Waals surface area (Å²) in [4.78, 5) is 0. The van der Waals surface area contributed by atoms with Crippen LogP contribution in [0.3, 0.4) is 0 Å². The van der Waals surface area contributed by atoms with Gasteiger partial charge in [0.15, 0.2) is 0 Å². The molecule has 14 heavy (non-hydrogen) atoms. The minimum atomic E-state index is -0.707. The molecule has 0 amide bonds. The van der Waals surface area contributed by atoms with Gasteiger partial charge in [-0.15, -0.1) is 0 Å². The van der Waals surface area contributed by atoms with Crippen molar-refractivity contribution in [1.29, 1.82) is 0 Å². The Morgan fingerprint density at radius 2 is 1.79 bits per heavy atom. The molecule has 1 aromatic carbocycles. The molecule has 0 saturated heterocycles. The molecule has 0 aliphatic heterocycles. The summed E-state index contributed by atoms with van der Waals surface area (Å²) in [7, 11) is 3.03. The van der Waals surface area contributed by atoms with E-state index in [2.05, 4.69) is 0 Å². The van der Waals surface area contributed by atoms with Crippen LogP contribution >= 0.6 is 0 Å². The second kappa shape index (κ2) is 4.81. The summed E-state index contributed by atoms with van der Waals surface area (Å²) in [6, 6.07) is 4.52. The van der Waals surface area contributed by atoms with Crippen molar-refractivity contribution in [2.75, 3.05) is 20.9 Å². The van der Waals surface area contributed by atoms with Gasteiger partial charge in [-0.25, -0.2) is 4.39 Å². The number of methoxy groups -OCH3 is 2. The first kappa shape index (κ1) is 10.8. The van der Waals surface area contributed by atoms with E-state index in [-0.39, 0.29) is 0 Å². The van der Waals surface area contributed by atoms with Crippen LogP contribution in [0.2, 0.25) is 0 Å². The molecule has 0 aliphatic rings. The van der Waals surface area contributed by atoms with Crippen LogP contribution < -0.4 is 15.2 Å². The highest BCUT2D eigenvalue weighted by molar-refractivity contribution is 5.46. The van der Waals surface area contributed by atoms with E-state index in [9.17, 15) is 4.39 Å². The van der Waals surface area contributed by atoms with Gasteiger partial charge in [0.2, 0.25) is 0 Å². The lowest BCUT2D eigenvalue weighted by Crippen LogP contribution is -2.14. The first-order chi connectivity index (χ1) is 6.74. The van der Waals surface area contributed by atoms with E-state index in [4.69, 9.17) is 15.2 Å². The second-order valence-corrected chi connectivity index (χ2v) is 2.84. The minimum absolute atomic E-state index is 0.550. The van der Waals surface area contributed by atoms with Crippen molar-refractivity contribution >= 4 is 0 Å². The molecule has 0 heterocycles. The van der Waals surface area contributed by atoms with E-state index in [1.807, 2.05) is 0 Å². The van der Waals surface area contributed by atoms with Crippen LogP contribution in [0.1, 0.15) is 11.6 Å². The van der Waals surface area contributed by atoms with Gasteiger partial charge in [0, 0.05) is 0 Å². The smallest absolute Gasteiger partial charge is 0.127 e. The Morgan fingerprint density at radius 3 is 2.14 bits per heavy atom. The van der Waals surface area contributed by atoms with E-state index >= 15 is 0 Å². The van der Waals surface area contributed by atoms with Gasteiger partial charge in [-0.2, -0.15) is 0 Å². The summed E-state index contributed by atoms with van der Waals surface area (Å²) in [6.45, 7) is -0.642. The Hall–Kier alpha value is -1.29. The van der Waals surface area contributed by atoms with Gasteiger partial charge in [-0.05, 0) is 12.1 Å². The monoisotopic (exact) mass is 199 g/mol.